The number of carbonyl (C=O) groups is 1. The Balaban J connectivity index is 3.21. The van der Waals surface area contributed by atoms with Gasteiger partial charge in [-0.3, -0.25) is 11.3 Å². The molecule has 0 saturated heterocycles. The molecule has 0 saturated carbocycles. The zero-order valence-electron chi connectivity index (χ0n) is 5.05. The number of hydrazine groups is 1. The molecule has 0 aliphatic rings. The molecule has 0 aromatic carbocycles. The van der Waals surface area contributed by atoms with Gasteiger partial charge in [-0.2, -0.15) is 0 Å². The Morgan fingerprint density at radius 2 is 2.50 bits per heavy atom. The highest BCUT2D eigenvalue weighted by Gasteiger charge is 1.99. The van der Waals surface area contributed by atoms with Crippen molar-refractivity contribution < 1.29 is 4.79 Å². The van der Waals surface area contributed by atoms with E-state index in [-0.39, 0.29) is 6.04 Å². The molecule has 0 fully saturated rings. The largest absolute Gasteiger partial charge is 0.302 e. The molecule has 0 spiro atoms. The van der Waals surface area contributed by atoms with Gasteiger partial charge in [-0.25, -0.2) is 0 Å². The topological polar surface area (TPSA) is 55.1 Å². The summed E-state index contributed by atoms with van der Waals surface area (Å²) in [5.41, 5.74) is 2.38. The second-order valence-electron chi connectivity index (χ2n) is 1.70. The van der Waals surface area contributed by atoms with Crippen molar-refractivity contribution in [1.29, 1.82) is 0 Å². The Morgan fingerprint density at radius 1 is 1.88 bits per heavy atom. The van der Waals surface area contributed by atoms with E-state index in [1.54, 1.807) is 0 Å². The maximum Gasteiger partial charge on any atom is 0.138 e. The summed E-state index contributed by atoms with van der Waals surface area (Å²) in [4.78, 5) is 9.98. The van der Waals surface area contributed by atoms with E-state index in [1.165, 1.54) is 0 Å². The van der Waals surface area contributed by atoms with Crippen LogP contribution < -0.4 is 11.3 Å². The summed E-state index contributed by atoms with van der Waals surface area (Å²) in [6.45, 7) is 2.01. The minimum atomic E-state index is -0.153. The van der Waals surface area contributed by atoms with Gasteiger partial charge in [0.15, 0.2) is 0 Å². The molecule has 0 radical (unpaired) electrons. The lowest BCUT2D eigenvalue weighted by molar-refractivity contribution is -0.109. The van der Waals surface area contributed by atoms with Crippen molar-refractivity contribution in [1.82, 2.24) is 5.43 Å². The van der Waals surface area contributed by atoms with Crippen molar-refractivity contribution in [3.8, 4) is 0 Å². The minimum absolute atomic E-state index is 0.153. The predicted octanol–water partition coefficient (Wildman–Crippen LogP) is -0.183. The molecule has 0 heterocycles. The van der Waals surface area contributed by atoms with Crippen LogP contribution in [0.3, 0.4) is 0 Å². The lowest BCUT2D eigenvalue weighted by Gasteiger charge is -2.03. The first-order valence-corrected chi connectivity index (χ1v) is 2.76. The van der Waals surface area contributed by atoms with Gasteiger partial charge in [-0.05, 0) is 6.42 Å². The van der Waals surface area contributed by atoms with E-state index in [2.05, 4.69) is 5.43 Å². The molecule has 0 aliphatic heterocycles. The van der Waals surface area contributed by atoms with Crippen LogP contribution in [0.5, 0.6) is 0 Å². The van der Waals surface area contributed by atoms with Gasteiger partial charge in [0.05, 0.1) is 6.04 Å². The molecule has 0 aliphatic carbocycles. The van der Waals surface area contributed by atoms with Crippen LogP contribution in [0.4, 0.5) is 0 Å². The zero-order valence-corrected chi connectivity index (χ0v) is 5.05. The van der Waals surface area contributed by atoms with Gasteiger partial charge in [0.1, 0.15) is 6.29 Å². The van der Waals surface area contributed by atoms with Crippen LogP contribution in [0.2, 0.25) is 0 Å². The SMILES string of the molecule is CCCC(C=O)NN. The van der Waals surface area contributed by atoms with E-state index in [4.69, 9.17) is 5.84 Å². The standard InChI is InChI=1S/C5H12N2O/c1-2-3-5(4-8)7-6/h4-5,7H,2-3,6H2,1H3. The van der Waals surface area contributed by atoms with Gasteiger partial charge in [-0.15, -0.1) is 0 Å². The normalized spacial score (nSPS) is 13.2. The first-order valence-electron chi connectivity index (χ1n) is 2.76. The zero-order chi connectivity index (χ0) is 6.41. The van der Waals surface area contributed by atoms with Gasteiger partial charge < -0.3 is 4.79 Å². The first-order chi connectivity index (χ1) is 3.85. The van der Waals surface area contributed by atoms with Crippen LogP contribution in [0.25, 0.3) is 0 Å². The fourth-order valence-electron chi connectivity index (χ4n) is 0.502. The Kier molecular flexibility index (Phi) is 4.50. The molecule has 3 nitrogen and oxygen atoms in total. The number of nitrogens with two attached hydrogens (primary N) is 1. The molecule has 1 unspecified atom stereocenters. The smallest absolute Gasteiger partial charge is 0.138 e. The van der Waals surface area contributed by atoms with Crippen molar-refractivity contribution >= 4 is 6.29 Å². The van der Waals surface area contributed by atoms with Crippen molar-refractivity contribution in [2.24, 2.45) is 5.84 Å². The molecule has 0 amide bonds. The van der Waals surface area contributed by atoms with Crippen LogP contribution >= 0.6 is 0 Å². The molecule has 3 heteroatoms. The Hall–Kier alpha value is -0.410. The summed E-state index contributed by atoms with van der Waals surface area (Å²) < 4.78 is 0. The van der Waals surface area contributed by atoms with Crippen molar-refractivity contribution in [2.45, 2.75) is 25.8 Å². The third-order valence-electron chi connectivity index (χ3n) is 0.978. The second-order valence-corrected chi connectivity index (χ2v) is 1.70. The third kappa shape index (κ3) is 2.71. The van der Waals surface area contributed by atoms with E-state index in [0.29, 0.717) is 0 Å². The number of aldehydes is 1. The number of hydrogen-bond donors (Lipinski definition) is 2. The summed E-state index contributed by atoms with van der Waals surface area (Å²) in [7, 11) is 0. The van der Waals surface area contributed by atoms with Gasteiger partial charge in [-0.1, -0.05) is 13.3 Å². The summed E-state index contributed by atoms with van der Waals surface area (Å²) in [5.74, 6) is 4.99. The quantitative estimate of drug-likeness (QED) is 0.304. The maximum atomic E-state index is 9.98. The number of hydrogen-bond acceptors (Lipinski definition) is 3. The van der Waals surface area contributed by atoms with Crippen LogP contribution in [-0.2, 0) is 4.79 Å². The monoisotopic (exact) mass is 116 g/mol. The molecular formula is C5H12N2O. The highest BCUT2D eigenvalue weighted by Crippen LogP contribution is 1.89. The van der Waals surface area contributed by atoms with Crippen LogP contribution in [0.15, 0.2) is 0 Å². The maximum absolute atomic E-state index is 9.98. The number of rotatable bonds is 4. The van der Waals surface area contributed by atoms with E-state index in [1.807, 2.05) is 6.92 Å². The Morgan fingerprint density at radius 3 is 2.62 bits per heavy atom. The summed E-state index contributed by atoms with van der Waals surface area (Å²) in [5, 5.41) is 0. The lowest BCUT2D eigenvalue weighted by Crippen LogP contribution is -2.35. The molecule has 0 aromatic heterocycles. The van der Waals surface area contributed by atoms with Gasteiger partial charge in [0, 0.05) is 0 Å². The van der Waals surface area contributed by atoms with Gasteiger partial charge in [0.2, 0.25) is 0 Å². The summed E-state index contributed by atoms with van der Waals surface area (Å²) in [6.07, 6.45) is 2.62. The van der Waals surface area contributed by atoms with Crippen molar-refractivity contribution in [3.63, 3.8) is 0 Å². The molecular weight excluding hydrogens is 104 g/mol. The van der Waals surface area contributed by atoms with Crippen LogP contribution in [0.1, 0.15) is 19.8 Å². The molecule has 0 rings (SSSR count). The van der Waals surface area contributed by atoms with Crippen molar-refractivity contribution in [3.05, 3.63) is 0 Å². The van der Waals surface area contributed by atoms with Crippen LogP contribution in [0, 0.1) is 0 Å². The first kappa shape index (κ1) is 7.59. The molecule has 0 bridgehead atoms. The van der Waals surface area contributed by atoms with E-state index < -0.39 is 0 Å². The molecule has 0 aromatic rings. The number of carbonyl (C=O) groups excluding carboxylic acids is 1. The number of nitrogens with one attached hydrogen (secondary N) is 1. The second kappa shape index (κ2) is 4.74. The Bertz CT molecular complexity index is 65.4. The predicted molar refractivity (Wildman–Crippen MR) is 32.1 cm³/mol. The summed E-state index contributed by atoms with van der Waals surface area (Å²) in [6, 6.07) is -0.153. The van der Waals surface area contributed by atoms with Crippen LogP contribution in [-0.4, -0.2) is 12.3 Å². The van der Waals surface area contributed by atoms with Crippen molar-refractivity contribution in [2.75, 3.05) is 0 Å². The fraction of sp³-hybridized carbons (Fsp3) is 0.800. The molecule has 8 heavy (non-hydrogen) atoms. The molecule has 3 N–H and O–H groups in total. The summed E-state index contributed by atoms with van der Waals surface area (Å²) >= 11 is 0. The minimum Gasteiger partial charge on any atom is -0.302 e. The van der Waals surface area contributed by atoms with E-state index in [9.17, 15) is 4.79 Å². The highest BCUT2D eigenvalue weighted by molar-refractivity contribution is 5.57. The van der Waals surface area contributed by atoms with Gasteiger partial charge in [0.25, 0.3) is 0 Å². The lowest BCUT2D eigenvalue weighted by atomic mass is 10.2. The average Bonchev–Trinajstić information content (AvgIpc) is 1.83. The fourth-order valence-corrected chi connectivity index (χ4v) is 0.502. The molecule has 48 valence electrons. The van der Waals surface area contributed by atoms with E-state index >= 15 is 0 Å². The third-order valence-corrected chi connectivity index (χ3v) is 0.978. The van der Waals surface area contributed by atoms with Gasteiger partial charge >= 0.3 is 0 Å². The Labute approximate surface area is 49.2 Å². The highest BCUT2D eigenvalue weighted by atomic mass is 16.1. The van der Waals surface area contributed by atoms with E-state index in [0.717, 1.165) is 19.1 Å². The molecule has 1 atom stereocenters. The average molecular weight is 116 g/mol.